The van der Waals surface area contributed by atoms with E-state index in [9.17, 15) is 4.79 Å². The summed E-state index contributed by atoms with van der Waals surface area (Å²) < 4.78 is 0. The van der Waals surface area contributed by atoms with E-state index in [1.54, 1.807) is 16.2 Å². The molecule has 0 aromatic carbocycles. The monoisotopic (exact) mass is 299 g/mol. The summed E-state index contributed by atoms with van der Waals surface area (Å²) in [7, 11) is 1.86. The molecule has 6 heteroatoms. The van der Waals surface area contributed by atoms with Crippen molar-refractivity contribution in [3.05, 3.63) is 16.6 Å². The first-order valence-corrected chi connectivity index (χ1v) is 8.69. The molecule has 19 heavy (non-hydrogen) atoms. The van der Waals surface area contributed by atoms with E-state index < -0.39 is 0 Å². The zero-order chi connectivity index (χ0) is 13.7. The summed E-state index contributed by atoms with van der Waals surface area (Å²) in [6.07, 6.45) is 4.12. The molecule has 1 saturated heterocycles. The fourth-order valence-electron chi connectivity index (χ4n) is 2.19. The number of hydrogen-bond acceptors (Lipinski definition) is 4. The van der Waals surface area contributed by atoms with E-state index >= 15 is 0 Å². The fraction of sp³-hybridized carbons (Fsp3) is 0.692. The molecular formula is C13H21N3OS2. The number of amides is 2. The van der Waals surface area contributed by atoms with Crippen molar-refractivity contribution in [2.75, 3.05) is 25.1 Å². The van der Waals surface area contributed by atoms with Crippen LogP contribution in [0.15, 0.2) is 11.6 Å². The average molecular weight is 299 g/mol. The Morgan fingerprint density at radius 3 is 3.16 bits per heavy atom. The molecule has 1 aromatic heterocycles. The second kappa shape index (κ2) is 7.14. The van der Waals surface area contributed by atoms with Crippen molar-refractivity contribution in [1.82, 2.24) is 15.2 Å². The zero-order valence-corrected chi connectivity index (χ0v) is 13.1. The van der Waals surface area contributed by atoms with Crippen LogP contribution in [-0.2, 0) is 0 Å². The summed E-state index contributed by atoms with van der Waals surface area (Å²) in [5.74, 6) is 2.56. The van der Waals surface area contributed by atoms with Gasteiger partial charge in [-0.1, -0.05) is 6.92 Å². The van der Waals surface area contributed by atoms with Gasteiger partial charge < -0.3 is 10.2 Å². The van der Waals surface area contributed by atoms with Crippen molar-refractivity contribution >= 4 is 29.1 Å². The van der Waals surface area contributed by atoms with Crippen molar-refractivity contribution in [3.63, 3.8) is 0 Å². The Labute approximate surface area is 123 Å². The molecule has 1 fully saturated rings. The number of likely N-dealkylation sites (N-methyl/N-ethyl adjacent to an activating group) is 1. The molecule has 106 valence electrons. The lowest BCUT2D eigenvalue weighted by molar-refractivity contribution is 0.202. The highest BCUT2D eigenvalue weighted by molar-refractivity contribution is 7.99. The van der Waals surface area contributed by atoms with Crippen molar-refractivity contribution in [1.29, 1.82) is 0 Å². The fourth-order valence-corrected chi connectivity index (χ4v) is 3.95. The third kappa shape index (κ3) is 4.38. The smallest absolute Gasteiger partial charge is 0.317 e. The Bertz CT molecular complexity index is 391. The molecule has 0 bridgehead atoms. The summed E-state index contributed by atoms with van der Waals surface area (Å²) in [6.45, 7) is 2.82. The second-order valence-corrected chi connectivity index (χ2v) is 7.09. The van der Waals surface area contributed by atoms with E-state index in [1.807, 2.05) is 30.4 Å². The molecule has 2 rings (SSSR count). The van der Waals surface area contributed by atoms with Gasteiger partial charge in [-0.25, -0.2) is 9.78 Å². The summed E-state index contributed by atoms with van der Waals surface area (Å²) >= 11 is 3.57. The first kappa shape index (κ1) is 14.7. The SMILES string of the molecule is C[C@H](CN(C)C(=O)N[C@@H]1CCCSC1)c1nccs1. The maximum absolute atomic E-state index is 12.1. The van der Waals surface area contributed by atoms with E-state index in [1.165, 1.54) is 12.2 Å². The van der Waals surface area contributed by atoms with Crippen LogP contribution < -0.4 is 5.32 Å². The van der Waals surface area contributed by atoms with Crippen LogP contribution in [0, 0.1) is 0 Å². The van der Waals surface area contributed by atoms with Crippen LogP contribution in [0.1, 0.15) is 30.7 Å². The van der Waals surface area contributed by atoms with Crippen LogP contribution in [0.5, 0.6) is 0 Å². The Balaban J connectivity index is 1.78. The zero-order valence-electron chi connectivity index (χ0n) is 11.5. The number of thioether (sulfide) groups is 1. The minimum absolute atomic E-state index is 0.0379. The predicted octanol–water partition coefficient (Wildman–Crippen LogP) is 2.78. The molecule has 1 N–H and O–H groups in total. The third-order valence-corrected chi connectivity index (χ3v) is 5.48. The highest BCUT2D eigenvalue weighted by Crippen LogP contribution is 2.19. The van der Waals surface area contributed by atoms with Gasteiger partial charge in [0.05, 0.1) is 5.01 Å². The third-order valence-electron chi connectivity index (χ3n) is 3.26. The minimum atomic E-state index is 0.0379. The molecule has 1 aliphatic heterocycles. The molecule has 0 saturated carbocycles. The molecule has 1 aromatic rings. The van der Waals surface area contributed by atoms with Crippen LogP contribution in [0.2, 0.25) is 0 Å². The molecular weight excluding hydrogens is 278 g/mol. The standard InChI is InChI=1S/C13H21N3OS2/c1-10(12-14-5-7-19-12)8-16(2)13(17)15-11-4-3-6-18-9-11/h5,7,10-11H,3-4,6,8-9H2,1-2H3,(H,15,17)/t10-,11-/m1/s1. The maximum atomic E-state index is 12.1. The van der Waals surface area contributed by atoms with Gasteiger partial charge in [0.15, 0.2) is 0 Å². The van der Waals surface area contributed by atoms with E-state index in [-0.39, 0.29) is 11.9 Å². The van der Waals surface area contributed by atoms with E-state index in [0.717, 1.165) is 17.2 Å². The molecule has 2 amide bonds. The number of hydrogen-bond donors (Lipinski definition) is 1. The molecule has 4 nitrogen and oxygen atoms in total. The van der Waals surface area contributed by atoms with Gasteiger partial charge in [-0.2, -0.15) is 11.8 Å². The predicted molar refractivity (Wildman–Crippen MR) is 82.0 cm³/mol. The van der Waals surface area contributed by atoms with Crippen LogP contribution in [0.25, 0.3) is 0 Å². The topological polar surface area (TPSA) is 45.2 Å². The number of carbonyl (C=O) groups is 1. The Hall–Kier alpha value is -0.750. The normalized spacial score (nSPS) is 20.8. The number of aromatic nitrogens is 1. The lowest BCUT2D eigenvalue weighted by Gasteiger charge is -2.27. The summed E-state index contributed by atoms with van der Waals surface area (Å²) in [5, 5.41) is 6.19. The first-order valence-electron chi connectivity index (χ1n) is 6.65. The molecule has 2 heterocycles. The van der Waals surface area contributed by atoms with E-state index in [4.69, 9.17) is 0 Å². The maximum Gasteiger partial charge on any atom is 0.317 e. The average Bonchev–Trinajstić information content (AvgIpc) is 2.93. The highest BCUT2D eigenvalue weighted by Gasteiger charge is 2.20. The van der Waals surface area contributed by atoms with Crippen molar-refractivity contribution in [2.24, 2.45) is 0 Å². The lowest BCUT2D eigenvalue weighted by Crippen LogP contribution is -2.46. The largest absolute Gasteiger partial charge is 0.334 e. The molecule has 0 aliphatic carbocycles. The number of thiazole rings is 1. The van der Waals surface area contributed by atoms with Crippen molar-refractivity contribution in [2.45, 2.75) is 31.7 Å². The quantitative estimate of drug-likeness (QED) is 0.930. The van der Waals surface area contributed by atoms with Gasteiger partial charge in [0, 0.05) is 42.9 Å². The molecule has 1 aliphatic rings. The molecule has 0 radical (unpaired) electrons. The molecule has 2 atom stereocenters. The first-order chi connectivity index (χ1) is 9.16. The lowest BCUT2D eigenvalue weighted by atomic mass is 10.2. The van der Waals surface area contributed by atoms with Gasteiger partial charge in [-0.3, -0.25) is 0 Å². The second-order valence-electron chi connectivity index (χ2n) is 5.02. The number of nitrogens with one attached hydrogen (secondary N) is 1. The van der Waals surface area contributed by atoms with Gasteiger partial charge >= 0.3 is 6.03 Å². The van der Waals surface area contributed by atoms with Gasteiger partial charge in [0.25, 0.3) is 0 Å². The summed E-state index contributed by atoms with van der Waals surface area (Å²) in [5.41, 5.74) is 0. The van der Waals surface area contributed by atoms with Gasteiger partial charge in [0.2, 0.25) is 0 Å². The van der Waals surface area contributed by atoms with Gasteiger partial charge in [-0.05, 0) is 18.6 Å². The summed E-state index contributed by atoms with van der Waals surface area (Å²) in [4.78, 5) is 18.2. The van der Waals surface area contributed by atoms with Gasteiger partial charge in [0.1, 0.15) is 0 Å². The Morgan fingerprint density at radius 2 is 2.53 bits per heavy atom. The summed E-state index contributed by atoms with van der Waals surface area (Å²) in [6, 6.07) is 0.375. The number of urea groups is 1. The minimum Gasteiger partial charge on any atom is -0.334 e. The van der Waals surface area contributed by atoms with Gasteiger partial charge in [-0.15, -0.1) is 11.3 Å². The number of rotatable bonds is 4. The highest BCUT2D eigenvalue weighted by atomic mass is 32.2. The number of carbonyl (C=O) groups excluding carboxylic acids is 1. The van der Waals surface area contributed by atoms with E-state index in [0.29, 0.717) is 12.6 Å². The molecule has 0 unspecified atom stereocenters. The van der Waals surface area contributed by atoms with Crippen LogP contribution in [0.3, 0.4) is 0 Å². The number of nitrogens with zero attached hydrogens (tertiary/aromatic N) is 2. The van der Waals surface area contributed by atoms with Crippen molar-refractivity contribution in [3.8, 4) is 0 Å². The van der Waals surface area contributed by atoms with Crippen LogP contribution in [-0.4, -0.2) is 47.1 Å². The Morgan fingerprint density at radius 1 is 1.68 bits per heavy atom. The Kier molecular flexibility index (Phi) is 5.51. The molecule has 0 spiro atoms. The van der Waals surface area contributed by atoms with E-state index in [2.05, 4.69) is 17.2 Å². The van der Waals surface area contributed by atoms with Crippen LogP contribution >= 0.6 is 23.1 Å². The van der Waals surface area contributed by atoms with Crippen molar-refractivity contribution < 1.29 is 4.79 Å². The van der Waals surface area contributed by atoms with Crippen LogP contribution in [0.4, 0.5) is 4.79 Å².